The van der Waals surface area contributed by atoms with Crippen LogP contribution >= 0.6 is 0 Å². The number of carbonyl (C=O) groups excluding carboxylic acids is 1. The van der Waals surface area contributed by atoms with Crippen molar-refractivity contribution in [3.63, 3.8) is 0 Å². The van der Waals surface area contributed by atoms with Gasteiger partial charge < -0.3 is 9.16 Å². The summed E-state index contributed by atoms with van der Waals surface area (Å²) in [5.74, 6) is -0.332. The molecule has 0 aromatic rings. The Balaban J connectivity index is 3.54. The van der Waals surface area contributed by atoms with Gasteiger partial charge in [-0.05, 0) is 13.5 Å². The van der Waals surface area contributed by atoms with E-state index in [0.717, 1.165) is 0 Å². The Bertz CT molecular complexity index is 156. The van der Waals surface area contributed by atoms with Gasteiger partial charge in [-0.25, -0.2) is 4.79 Å². The summed E-state index contributed by atoms with van der Waals surface area (Å²) in [6.07, 6.45) is 0.419. The number of rotatable bonds is 4. The van der Waals surface area contributed by atoms with Gasteiger partial charge >= 0.3 is 5.97 Å². The maximum absolute atomic E-state index is 10.8. The molecule has 0 saturated carbocycles. The normalized spacial score (nSPS) is 12.3. The Labute approximate surface area is 68.7 Å². The van der Waals surface area contributed by atoms with Crippen LogP contribution in [0.5, 0.6) is 0 Å². The van der Waals surface area contributed by atoms with E-state index < -0.39 is 9.04 Å². The summed E-state index contributed by atoms with van der Waals surface area (Å²) in [4.78, 5) is 10.8. The molecule has 0 saturated heterocycles. The smallest absolute Gasteiger partial charge is 0.332 e. The van der Waals surface area contributed by atoms with Crippen LogP contribution in [0.25, 0.3) is 0 Å². The van der Waals surface area contributed by atoms with Crippen molar-refractivity contribution in [1.29, 1.82) is 0 Å². The van der Waals surface area contributed by atoms with E-state index in [-0.39, 0.29) is 5.97 Å². The second-order valence-electron chi connectivity index (χ2n) is 2.43. The van der Waals surface area contributed by atoms with Crippen molar-refractivity contribution < 1.29 is 14.0 Å². The Morgan fingerprint density at radius 3 is 2.55 bits per heavy atom. The van der Waals surface area contributed by atoms with E-state index in [0.29, 0.717) is 11.8 Å². The van der Waals surface area contributed by atoms with E-state index in [1.165, 1.54) is 0 Å². The fourth-order valence-electron chi connectivity index (χ4n) is 0.384. The fraction of sp³-hybridized carbons (Fsp3) is 0.571. The van der Waals surface area contributed by atoms with Crippen LogP contribution in [0.4, 0.5) is 0 Å². The third kappa shape index (κ3) is 4.75. The molecule has 0 bridgehead atoms. The minimum Gasteiger partial charge on any atom is -0.463 e. The van der Waals surface area contributed by atoms with Crippen LogP contribution in [0.3, 0.4) is 0 Å². The average molecular weight is 174 g/mol. The average Bonchev–Trinajstić information content (AvgIpc) is 1.99. The first-order valence-corrected chi connectivity index (χ1v) is 5.87. The van der Waals surface area contributed by atoms with Gasteiger partial charge in [-0.2, -0.15) is 0 Å². The van der Waals surface area contributed by atoms with E-state index >= 15 is 0 Å². The first-order chi connectivity index (χ1) is 5.07. The van der Waals surface area contributed by atoms with E-state index in [9.17, 15) is 4.79 Å². The Kier molecular flexibility index (Phi) is 4.81. The lowest BCUT2D eigenvalue weighted by Crippen LogP contribution is -2.22. The summed E-state index contributed by atoms with van der Waals surface area (Å²) in [7, 11) is 0.368. The van der Waals surface area contributed by atoms with Gasteiger partial charge in [0.2, 0.25) is 9.04 Å². The van der Waals surface area contributed by atoms with Crippen LogP contribution < -0.4 is 0 Å². The summed E-state index contributed by atoms with van der Waals surface area (Å²) in [6.45, 7) is 7.05. The number of hydrogen-bond donors (Lipinski definition) is 0. The predicted molar refractivity (Wildman–Crippen MR) is 45.8 cm³/mol. The Morgan fingerprint density at radius 1 is 1.64 bits per heavy atom. The van der Waals surface area contributed by atoms with Gasteiger partial charge in [-0.1, -0.05) is 6.58 Å². The highest BCUT2D eigenvalue weighted by Crippen LogP contribution is 1.93. The zero-order valence-electron chi connectivity index (χ0n) is 7.22. The molecule has 0 aliphatic heterocycles. The molecule has 0 rings (SSSR count). The quantitative estimate of drug-likeness (QED) is 0.356. The molecule has 0 fully saturated rings. The topological polar surface area (TPSA) is 35.5 Å². The Hall–Kier alpha value is -0.613. The van der Waals surface area contributed by atoms with Crippen LogP contribution in [0.15, 0.2) is 12.2 Å². The maximum Gasteiger partial charge on any atom is 0.332 e. The van der Waals surface area contributed by atoms with Crippen molar-refractivity contribution in [1.82, 2.24) is 0 Å². The van der Waals surface area contributed by atoms with Gasteiger partial charge in [0.1, 0.15) is 6.23 Å². The van der Waals surface area contributed by atoms with Gasteiger partial charge in [0.05, 0.1) is 0 Å². The SMILES string of the molecule is C=C(C)C(=O)OC[SiH](C)OC. The molecule has 3 nitrogen and oxygen atoms in total. The molecule has 4 heteroatoms. The largest absolute Gasteiger partial charge is 0.463 e. The van der Waals surface area contributed by atoms with Gasteiger partial charge in [0.15, 0.2) is 0 Å². The molecular weight excluding hydrogens is 160 g/mol. The molecule has 0 aliphatic carbocycles. The van der Waals surface area contributed by atoms with Gasteiger partial charge in [0.25, 0.3) is 0 Å². The van der Waals surface area contributed by atoms with E-state index in [1.807, 2.05) is 6.55 Å². The minimum absolute atomic E-state index is 0.332. The second-order valence-corrected chi connectivity index (χ2v) is 4.85. The summed E-state index contributed by atoms with van der Waals surface area (Å²) < 4.78 is 9.87. The van der Waals surface area contributed by atoms with E-state index in [4.69, 9.17) is 9.16 Å². The maximum atomic E-state index is 10.8. The standard InChI is InChI=1S/C7H14O3Si/c1-6(2)7(8)10-5-11(4)9-3/h11H,1,5H2,2-4H3. The number of hydrogen-bond acceptors (Lipinski definition) is 3. The summed E-state index contributed by atoms with van der Waals surface area (Å²) >= 11 is 0. The summed E-state index contributed by atoms with van der Waals surface area (Å²) in [5.41, 5.74) is 0.433. The number of esters is 1. The van der Waals surface area contributed by atoms with Crippen molar-refractivity contribution in [3.05, 3.63) is 12.2 Å². The lowest BCUT2D eigenvalue weighted by molar-refractivity contribution is -0.137. The molecule has 0 heterocycles. The fourth-order valence-corrected chi connectivity index (χ4v) is 0.906. The van der Waals surface area contributed by atoms with E-state index in [1.54, 1.807) is 14.0 Å². The lowest BCUT2D eigenvalue weighted by atomic mass is 10.4. The minimum atomic E-state index is -1.26. The van der Waals surface area contributed by atoms with Gasteiger partial charge in [-0.15, -0.1) is 0 Å². The first kappa shape index (κ1) is 10.4. The van der Waals surface area contributed by atoms with Crippen molar-refractivity contribution in [2.24, 2.45) is 0 Å². The molecule has 11 heavy (non-hydrogen) atoms. The monoisotopic (exact) mass is 174 g/mol. The molecule has 0 amide bonds. The van der Waals surface area contributed by atoms with Crippen molar-refractivity contribution in [2.45, 2.75) is 13.5 Å². The number of ether oxygens (including phenoxy) is 1. The first-order valence-electron chi connectivity index (χ1n) is 3.43. The zero-order valence-corrected chi connectivity index (χ0v) is 8.37. The summed E-state index contributed by atoms with van der Waals surface area (Å²) in [5, 5.41) is 0. The Morgan fingerprint density at radius 2 is 2.18 bits per heavy atom. The van der Waals surface area contributed by atoms with Crippen LogP contribution in [-0.2, 0) is 14.0 Å². The second kappa shape index (κ2) is 5.09. The third-order valence-electron chi connectivity index (χ3n) is 1.20. The van der Waals surface area contributed by atoms with Crippen LogP contribution in [0.2, 0.25) is 6.55 Å². The molecule has 0 aromatic heterocycles. The van der Waals surface area contributed by atoms with Gasteiger partial charge in [-0.3, -0.25) is 0 Å². The van der Waals surface area contributed by atoms with Crippen LogP contribution in [0, 0.1) is 0 Å². The van der Waals surface area contributed by atoms with Crippen molar-refractivity contribution in [3.8, 4) is 0 Å². The van der Waals surface area contributed by atoms with Crippen LogP contribution in [-0.4, -0.2) is 28.3 Å². The highest BCUT2D eigenvalue weighted by molar-refractivity contribution is 6.50. The molecule has 0 spiro atoms. The molecule has 0 N–H and O–H groups in total. The van der Waals surface area contributed by atoms with Crippen molar-refractivity contribution >= 4 is 15.0 Å². The molecule has 1 unspecified atom stereocenters. The molecular formula is C7H14O3Si. The third-order valence-corrected chi connectivity index (χ3v) is 2.64. The predicted octanol–water partition coefficient (Wildman–Crippen LogP) is 0.645. The van der Waals surface area contributed by atoms with Crippen molar-refractivity contribution in [2.75, 3.05) is 13.3 Å². The highest BCUT2D eigenvalue weighted by Gasteiger charge is 2.07. The van der Waals surface area contributed by atoms with Gasteiger partial charge in [0, 0.05) is 12.7 Å². The zero-order chi connectivity index (χ0) is 8.85. The molecule has 0 radical (unpaired) electrons. The highest BCUT2D eigenvalue weighted by atomic mass is 28.3. The summed E-state index contributed by atoms with van der Waals surface area (Å²) in [6, 6.07) is 0. The molecule has 1 atom stereocenters. The lowest BCUT2D eigenvalue weighted by Gasteiger charge is -2.07. The molecule has 0 aromatic carbocycles. The number of carbonyl (C=O) groups is 1. The molecule has 0 aliphatic rings. The van der Waals surface area contributed by atoms with Crippen LogP contribution in [0.1, 0.15) is 6.92 Å². The molecule has 64 valence electrons. The van der Waals surface area contributed by atoms with E-state index in [2.05, 4.69) is 6.58 Å².